The maximum Gasteiger partial charge on any atom is 0.291 e. The van der Waals surface area contributed by atoms with Crippen LogP contribution in [0.3, 0.4) is 0 Å². The zero-order chi connectivity index (χ0) is 13.1. The maximum atomic E-state index is 11.8. The average Bonchev–Trinajstić information content (AvgIpc) is 2.76. The molecule has 0 aliphatic carbocycles. The Morgan fingerprint density at radius 2 is 2.11 bits per heavy atom. The molecule has 18 heavy (non-hydrogen) atoms. The number of hydrogen-bond acceptors (Lipinski definition) is 3. The number of hydrogen-bond donors (Lipinski definition) is 2. The number of carbonyl (C=O) groups is 1. The summed E-state index contributed by atoms with van der Waals surface area (Å²) in [6.45, 7) is 0. The molecule has 1 aromatic carbocycles. The molecule has 0 aliphatic rings. The number of nitrogens with one attached hydrogen (secondary N) is 1. The van der Waals surface area contributed by atoms with Crippen molar-refractivity contribution < 1.29 is 9.21 Å². The molecule has 6 heteroatoms. The maximum absolute atomic E-state index is 11.8. The van der Waals surface area contributed by atoms with Crippen LogP contribution in [-0.4, -0.2) is 10.9 Å². The van der Waals surface area contributed by atoms with Crippen molar-refractivity contribution in [2.75, 3.05) is 5.32 Å². The first kappa shape index (κ1) is 12.8. The second kappa shape index (κ2) is 5.32. The number of carbonyl (C=O) groups excluding carboxylic acids is 1. The van der Waals surface area contributed by atoms with Crippen molar-refractivity contribution >= 4 is 44.7 Å². The normalized spacial score (nSPS) is 10.1. The summed E-state index contributed by atoms with van der Waals surface area (Å²) in [5.74, 6) is -0.108. The minimum atomic E-state index is -0.333. The largest absolute Gasteiger partial charge is 0.444 e. The molecule has 1 aromatic heterocycles. The van der Waals surface area contributed by atoms with Gasteiger partial charge < -0.3 is 15.5 Å². The van der Waals surface area contributed by atoms with Crippen LogP contribution in [0.2, 0.25) is 0 Å². The van der Waals surface area contributed by atoms with Gasteiger partial charge in [0.1, 0.15) is 4.99 Å². The lowest BCUT2D eigenvalue weighted by molar-refractivity contribution is 0.0995. The van der Waals surface area contributed by atoms with Gasteiger partial charge in [-0.3, -0.25) is 4.79 Å². The molecule has 0 bridgehead atoms. The summed E-state index contributed by atoms with van der Waals surface area (Å²) in [5, 5.41) is 2.70. The Morgan fingerprint density at radius 1 is 1.33 bits per heavy atom. The number of nitrogens with two attached hydrogens (primary N) is 1. The highest BCUT2D eigenvalue weighted by atomic mass is 79.9. The van der Waals surface area contributed by atoms with E-state index in [1.807, 2.05) is 0 Å². The summed E-state index contributed by atoms with van der Waals surface area (Å²) >= 11 is 8.01. The minimum absolute atomic E-state index is 0.225. The van der Waals surface area contributed by atoms with Gasteiger partial charge in [-0.25, -0.2) is 0 Å². The van der Waals surface area contributed by atoms with Crippen molar-refractivity contribution in [3.63, 3.8) is 0 Å². The van der Waals surface area contributed by atoms with E-state index in [0.717, 1.165) is 0 Å². The average molecular weight is 325 g/mol. The molecule has 1 heterocycles. The summed E-state index contributed by atoms with van der Waals surface area (Å²) in [7, 11) is 0. The first-order valence-corrected chi connectivity index (χ1v) is 6.23. The molecular formula is C12H9BrN2O2S. The lowest BCUT2D eigenvalue weighted by Crippen LogP contribution is -2.13. The molecule has 0 atom stereocenters. The Labute approximate surface area is 117 Å². The fourth-order valence-electron chi connectivity index (χ4n) is 1.38. The van der Waals surface area contributed by atoms with E-state index in [2.05, 4.69) is 21.2 Å². The quantitative estimate of drug-likeness (QED) is 0.852. The van der Waals surface area contributed by atoms with Gasteiger partial charge in [-0.15, -0.1) is 0 Å². The third kappa shape index (κ3) is 2.96. The summed E-state index contributed by atoms with van der Waals surface area (Å²) in [4.78, 5) is 12.1. The zero-order valence-corrected chi connectivity index (χ0v) is 11.5. The minimum Gasteiger partial charge on any atom is -0.444 e. The highest BCUT2D eigenvalue weighted by molar-refractivity contribution is 9.10. The monoisotopic (exact) mass is 324 g/mol. The molecule has 0 aliphatic heterocycles. The van der Waals surface area contributed by atoms with Gasteiger partial charge in [0, 0.05) is 11.3 Å². The first-order chi connectivity index (χ1) is 8.56. The summed E-state index contributed by atoms with van der Waals surface area (Å²) in [5.41, 5.74) is 6.83. The molecule has 2 rings (SSSR count). The molecule has 0 unspecified atom stereocenters. The van der Waals surface area contributed by atoms with E-state index < -0.39 is 0 Å². The number of rotatable bonds is 3. The Bertz CT molecular complexity index is 610. The SMILES string of the molecule is NC(=S)c1cccc(NC(=O)c2ccc(Br)o2)c1. The Kier molecular flexibility index (Phi) is 3.78. The van der Waals surface area contributed by atoms with Crippen LogP contribution in [0, 0.1) is 0 Å². The first-order valence-electron chi connectivity index (χ1n) is 5.03. The Morgan fingerprint density at radius 3 is 2.72 bits per heavy atom. The molecule has 0 saturated heterocycles. The van der Waals surface area contributed by atoms with Crippen LogP contribution < -0.4 is 11.1 Å². The standard InChI is InChI=1S/C12H9BrN2O2S/c13-10-5-4-9(17-10)12(16)15-8-3-1-2-7(6-8)11(14)18/h1-6H,(H2,14,18)(H,15,16). The van der Waals surface area contributed by atoms with Crippen LogP contribution in [0.25, 0.3) is 0 Å². The number of anilines is 1. The molecule has 0 saturated carbocycles. The van der Waals surface area contributed by atoms with Crippen LogP contribution in [0.5, 0.6) is 0 Å². The summed E-state index contributed by atoms with van der Waals surface area (Å²) in [6, 6.07) is 10.2. The summed E-state index contributed by atoms with van der Waals surface area (Å²) < 4.78 is 5.65. The third-order valence-corrected chi connectivity index (χ3v) is 2.86. The second-order valence-corrected chi connectivity index (χ2v) is 4.72. The van der Waals surface area contributed by atoms with Crippen molar-refractivity contribution in [3.05, 3.63) is 52.4 Å². The van der Waals surface area contributed by atoms with Gasteiger partial charge in [-0.05, 0) is 40.2 Å². The van der Waals surface area contributed by atoms with Crippen LogP contribution >= 0.6 is 28.1 Å². The smallest absolute Gasteiger partial charge is 0.291 e. The number of benzene rings is 1. The van der Waals surface area contributed by atoms with Crippen LogP contribution in [-0.2, 0) is 0 Å². The lowest BCUT2D eigenvalue weighted by Gasteiger charge is -2.05. The molecular weight excluding hydrogens is 316 g/mol. The molecule has 92 valence electrons. The number of halogens is 1. The van der Waals surface area contributed by atoms with Gasteiger partial charge in [0.15, 0.2) is 10.4 Å². The number of thiocarbonyl (C=S) groups is 1. The second-order valence-electron chi connectivity index (χ2n) is 3.50. The van der Waals surface area contributed by atoms with Crippen LogP contribution in [0.1, 0.15) is 16.1 Å². The van der Waals surface area contributed by atoms with E-state index in [9.17, 15) is 4.79 Å². The van der Waals surface area contributed by atoms with Crippen molar-refractivity contribution in [2.45, 2.75) is 0 Å². The van der Waals surface area contributed by atoms with Crippen molar-refractivity contribution in [1.29, 1.82) is 0 Å². The fourth-order valence-corrected chi connectivity index (χ4v) is 1.81. The molecule has 0 spiro atoms. The van der Waals surface area contributed by atoms with Crippen molar-refractivity contribution in [2.24, 2.45) is 5.73 Å². The van der Waals surface area contributed by atoms with Gasteiger partial charge >= 0.3 is 0 Å². The van der Waals surface area contributed by atoms with Crippen molar-refractivity contribution in [3.8, 4) is 0 Å². The van der Waals surface area contributed by atoms with E-state index in [-0.39, 0.29) is 16.7 Å². The van der Waals surface area contributed by atoms with Gasteiger partial charge in [0.2, 0.25) is 0 Å². The Hall–Kier alpha value is -1.66. The third-order valence-electron chi connectivity index (χ3n) is 2.20. The van der Waals surface area contributed by atoms with Crippen LogP contribution in [0.15, 0.2) is 45.5 Å². The number of amides is 1. The molecule has 2 aromatic rings. The molecule has 3 N–H and O–H groups in total. The van der Waals surface area contributed by atoms with Gasteiger partial charge in [0.25, 0.3) is 5.91 Å². The van der Waals surface area contributed by atoms with Gasteiger partial charge in [-0.1, -0.05) is 24.4 Å². The highest BCUT2D eigenvalue weighted by Gasteiger charge is 2.10. The van der Waals surface area contributed by atoms with E-state index in [4.69, 9.17) is 22.4 Å². The molecule has 0 radical (unpaired) electrons. The van der Waals surface area contributed by atoms with E-state index in [0.29, 0.717) is 15.9 Å². The van der Waals surface area contributed by atoms with Gasteiger partial charge in [0.05, 0.1) is 0 Å². The van der Waals surface area contributed by atoms with Gasteiger partial charge in [-0.2, -0.15) is 0 Å². The number of furan rings is 1. The topological polar surface area (TPSA) is 68.3 Å². The van der Waals surface area contributed by atoms with E-state index in [1.165, 1.54) is 0 Å². The predicted molar refractivity (Wildman–Crippen MR) is 76.7 cm³/mol. The highest BCUT2D eigenvalue weighted by Crippen LogP contribution is 2.16. The van der Waals surface area contributed by atoms with E-state index >= 15 is 0 Å². The molecule has 4 nitrogen and oxygen atoms in total. The molecule has 1 amide bonds. The zero-order valence-electron chi connectivity index (χ0n) is 9.14. The molecule has 0 fully saturated rings. The lowest BCUT2D eigenvalue weighted by atomic mass is 10.2. The van der Waals surface area contributed by atoms with E-state index in [1.54, 1.807) is 36.4 Å². The van der Waals surface area contributed by atoms with Crippen LogP contribution in [0.4, 0.5) is 5.69 Å². The fraction of sp³-hybridized carbons (Fsp3) is 0. The van der Waals surface area contributed by atoms with Crippen molar-refractivity contribution in [1.82, 2.24) is 0 Å². The summed E-state index contributed by atoms with van der Waals surface area (Å²) in [6.07, 6.45) is 0. The predicted octanol–water partition coefficient (Wildman–Crippen LogP) is 2.93. The Balaban J connectivity index is 2.16.